The Morgan fingerprint density at radius 3 is 1.61 bits per heavy atom. The molecule has 0 saturated carbocycles. The van der Waals surface area contributed by atoms with E-state index in [4.69, 9.17) is 27.9 Å². The first-order valence-electron chi connectivity index (χ1n) is 19.3. The molecule has 4 aromatic carbocycles. The fraction of sp³-hybridized carbons (Fsp3) is 0.292. The fourth-order valence-electron chi connectivity index (χ4n) is 9.09. The summed E-state index contributed by atoms with van der Waals surface area (Å²) in [7, 11) is 0. The number of hydrogen-bond donors (Lipinski definition) is 1. The average molecular weight is 786 g/mol. The highest BCUT2D eigenvalue weighted by Crippen LogP contribution is 2.50. The van der Waals surface area contributed by atoms with Gasteiger partial charge in [-0.15, -0.1) is 0 Å². The molecule has 1 N–H and O–H groups in total. The van der Waals surface area contributed by atoms with Crippen LogP contribution in [-0.4, -0.2) is 32.8 Å². The molecule has 0 spiro atoms. The number of aliphatic carboxylic acids is 1. The van der Waals surface area contributed by atoms with E-state index in [1.54, 1.807) is 0 Å². The molecule has 1 unspecified atom stereocenters. The smallest absolute Gasteiger partial charge is 0.312 e. The molecule has 0 aliphatic carbocycles. The van der Waals surface area contributed by atoms with Gasteiger partial charge in [0.15, 0.2) is 0 Å². The predicted molar refractivity (Wildman–Crippen MR) is 225 cm³/mol. The largest absolute Gasteiger partial charge is 0.481 e. The number of nitrogens with zero attached hydrogens (tertiary/aromatic N) is 2. The van der Waals surface area contributed by atoms with Crippen molar-refractivity contribution in [2.24, 2.45) is 10.8 Å². The Labute approximate surface area is 338 Å². The minimum atomic E-state index is -0.954. The molecule has 0 fully saturated rings. The maximum absolute atomic E-state index is 14.0. The normalized spacial score (nSPS) is 15.7. The van der Waals surface area contributed by atoms with Crippen molar-refractivity contribution in [1.82, 2.24) is 9.13 Å². The summed E-state index contributed by atoms with van der Waals surface area (Å²) >= 11 is 12.7. The zero-order valence-corrected chi connectivity index (χ0v) is 33.8. The third-order valence-corrected chi connectivity index (χ3v) is 11.9. The zero-order valence-electron chi connectivity index (χ0n) is 32.2. The minimum absolute atomic E-state index is 0.0111. The summed E-state index contributed by atoms with van der Waals surface area (Å²) in [5.41, 5.74) is 12.0. The molecule has 56 heavy (non-hydrogen) atoms. The van der Waals surface area contributed by atoms with Gasteiger partial charge in [0, 0.05) is 74.6 Å². The van der Waals surface area contributed by atoms with Crippen molar-refractivity contribution in [2.75, 3.05) is 6.61 Å². The van der Waals surface area contributed by atoms with Crippen LogP contribution in [0.3, 0.4) is 0 Å². The molecule has 8 heteroatoms. The van der Waals surface area contributed by atoms with E-state index in [0.717, 1.165) is 81.0 Å². The number of fused-ring (bicyclic) bond motifs is 2. The van der Waals surface area contributed by atoms with Crippen LogP contribution in [0.15, 0.2) is 109 Å². The average Bonchev–Trinajstić information content (AvgIpc) is 3.84. The number of carbonyl (C=O) groups is 2. The minimum Gasteiger partial charge on any atom is -0.481 e. The van der Waals surface area contributed by atoms with Gasteiger partial charge in [0.05, 0.1) is 13.0 Å². The summed E-state index contributed by atoms with van der Waals surface area (Å²) in [5.74, 6) is -2.27. The van der Waals surface area contributed by atoms with Crippen molar-refractivity contribution in [2.45, 2.75) is 72.4 Å². The van der Waals surface area contributed by atoms with Crippen LogP contribution in [0, 0.1) is 10.8 Å². The summed E-state index contributed by atoms with van der Waals surface area (Å²) in [6.07, 6.45) is 1.85. The monoisotopic (exact) mass is 784 g/mol. The number of ether oxygens (including phenoxy) is 1. The van der Waals surface area contributed by atoms with E-state index in [0.29, 0.717) is 16.6 Å². The van der Waals surface area contributed by atoms with Crippen LogP contribution in [0.2, 0.25) is 10.0 Å². The van der Waals surface area contributed by atoms with E-state index in [1.165, 1.54) is 5.69 Å². The lowest BCUT2D eigenvalue weighted by Crippen LogP contribution is -2.22. The van der Waals surface area contributed by atoms with Gasteiger partial charge in [-0.3, -0.25) is 9.59 Å². The molecule has 1 atom stereocenters. The second-order valence-corrected chi connectivity index (χ2v) is 17.8. The van der Waals surface area contributed by atoms with Gasteiger partial charge in [-0.05, 0) is 70.2 Å². The Balaban J connectivity index is 1.14. The van der Waals surface area contributed by atoms with Crippen molar-refractivity contribution in [1.29, 1.82) is 0 Å². The van der Waals surface area contributed by atoms with Crippen molar-refractivity contribution in [3.05, 3.63) is 142 Å². The van der Waals surface area contributed by atoms with Crippen molar-refractivity contribution >= 4 is 35.1 Å². The number of carbonyl (C=O) groups excluding carboxylic acids is 1. The lowest BCUT2D eigenvalue weighted by Gasteiger charge is -2.22. The number of hydrogen-bond acceptors (Lipinski definition) is 3. The van der Waals surface area contributed by atoms with Crippen LogP contribution in [-0.2, 0) is 46.7 Å². The highest BCUT2D eigenvalue weighted by molar-refractivity contribution is 6.31. The Morgan fingerprint density at radius 1 is 0.643 bits per heavy atom. The quantitative estimate of drug-likeness (QED) is 0.133. The van der Waals surface area contributed by atoms with Crippen LogP contribution in [0.1, 0.15) is 62.8 Å². The number of carboxylic acid groups (broad SMARTS) is 1. The van der Waals surface area contributed by atoms with Gasteiger partial charge in [0.1, 0.15) is 5.92 Å². The number of carboxylic acids is 1. The van der Waals surface area contributed by atoms with Gasteiger partial charge in [0.25, 0.3) is 0 Å². The van der Waals surface area contributed by atoms with E-state index in [9.17, 15) is 14.7 Å². The first kappa shape index (κ1) is 37.9. The first-order valence-corrected chi connectivity index (χ1v) is 20.1. The van der Waals surface area contributed by atoms with E-state index >= 15 is 0 Å². The summed E-state index contributed by atoms with van der Waals surface area (Å²) in [5, 5.41) is 12.2. The van der Waals surface area contributed by atoms with Gasteiger partial charge in [-0.25, -0.2) is 0 Å². The second kappa shape index (κ2) is 14.8. The standard InChI is InChI=1S/C48H46Cl2N2O4/c1-47(2)26-38-42(30-11-7-5-8-12-30)41(32-15-19-34(49)20-16-32)37(51(38)28-47)25-40(53)56-24-23-36(46(54)55)45-44(33-17-21-35(50)22-18-33)43(31-13-9-6-10-14-31)39-27-48(3,4)29-52(39)45/h5-22,36H,23-29H2,1-4H3,(H,54,55). The molecule has 8 rings (SSSR count). The number of benzene rings is 4. The molecule has 6 nitrogen and oxygen atoms in total. The molecule has 0 amide bonds. The maximum atomic E-state index is 14.0. The molecule has 6 aromatic rings. The zero-order chi connectivity index (χ0) is 39.4. The molecule has 2 aliphatic rings. The second-order valence-electron chi connectivity index (χ2n) is 16.9. The first-order chi connectivity index (χ1) is 26.8. The van der Waals surface area contributed by atoms with Gasteiger partial charge in [-0.2, -0.15) is 0 Å². The van der Waals surface area contributed by atoms with Crippen molar-refractivity contribution in [3.8, 4) is 44.5 Å². The highest BCUT2D eigenvalue weighted by Gasteiger charge is 2.40. The molecular weight excluding hydrogens is 739 g/mol. The maximum Gasteiger partial charge on any atom is 0.312 e. The Bertz CT molecular complexity index is 2430. The van der Waals surface area contributed by atoms with Crippen molar-refractivity contribution < 1.29 is 19.4 Å². The summed E-state index contributed by atoms with van der Waals surface area (Å²) < 4.78 is 10.6. The van der Waals surface area contributed by atoms with E-state index < -0.39 is 17.9 Å². The highest BCUT2D eigenvalue weighted by atomic mass is 35.5. The Kier molecular flexibility index (Phi) is 10.0. The number of halogens is 2. The molecule has 0 bridgehead atoms. The molecule has 2 aliphatic heterocycles. The van der Waals surface area contributed by atoms with Crippen LogP contribution in [0.5, 0.6) is 0 Å². The third kappa shape index (κ3) is 7.21. The van der Waals surface area contributed by atoms with Gasteiger partial charge in [0.2, 0.25) is 0 Å². The summed E-state index contributed by atoms with van der Waals surface area (Å²) in [4.78, 5) is 27.4. The molecule has 4 heterocycles. The molecular formula is C48H46Cl2N2O4. The topological polar surface area (TPSA) is 73.5 Å². The molecule has 0 radical (unpaired) electrons. The SMILES string of the molecule is CC1(C)Cc2c(-c3ccccc3)c(-c3ccc(Cl)cc3)c(CC(=O)OCCC(C(=O)O)c3c(-c4ccc(Cl)cc4)c(-c4ccccc4)c4n3CC(C)(C)C4)n2C1. The molecule has 0 saturated heterocycles. The van der Waals surface area contributed by atoms with Crippen LogP contribution in [0.25, 0.3) is 44.5 Å². The lowest BCUT2D eigenvalue weighted by atomic mass is 9.85. The van der Waals surface area contributed by atoms with E-state index in [1.807, 2.05) is 84.9 Å². The molecule has 286 valence electrons. The van der Waals surface area contributed by atoms with Crippen molar-refractivity contribution in [3.63, 3.8) is 0 Å². The lowest BCUT2D eigenvalue weighted by molar-refractivity contribution is -0.145. The summed E-state index contributed by atoms with van der Waals surface area (Å²) in [6.45, 7) is 10.4. The Hall–Kier alpha value is -5.04. The number of rotatable bonds is 11. The Morgan fingerprint density at radius 2 is 1.09 bits per heavy atom. The summed E-state index contributed by atoms with van der Waals surface area (Å²) in [6, 6.07) is 35.9. The fourth-order valence-corrected chi connectivity index (χ4v) is 9.34. The number of aromatic nitrogens is 2. The molecule has 2 aromatic heterocycles. The van der Waals surface area contributed by atoms with E-state index in [-0.39, 0.29) is 30.3 Å². The number of esters is 1. The van der Waals surface area contributed by atoms with E-state index in [2.05, 4.69) is 61.1 Å². The van der Waals surface area contributed by atoms with Gasteiger partial charge in [-0.1, -0.05) is 136 Å². The van der Waals surface area contributed by atoms with Gasteiger partial charge < -0.3 is 19.0 Å². The van der Waals surface area contributed by atoms with Gasteiger partial charge >= 0.3 is 11.9 Å². The predicted octanol–water partition coefficient (Wildman–Crippen LogP) is 11.8. The van der Waals surface area contributed by atoms with Crippen LogP contribution >= 0.6 is 23.2 Å². The van der Waals surface area contributed by atoms with Crippen LogP contribution in [0.4, 0.5) is 0 Å². The third-order valence-electron chi connectivity index (χ3n) is 11.4. The van der Waals surface area contributed by atoms with Crippen LogP contribution < -0.4 is 0 Å².